The predicted octanol–water partition coefficient (Wildman–Crippen LogP) is 2.90. The maximum Gasteiger partial charge on any atom is 0.209 e. The number of aromatic nitrogens is 4. The zero-order valence-electron chi connectivity index (χ0n) is 15.9. The minimum Gasteiger partial charge on any atom is -0.371 e. The van der Waals surface area contributed by atoms with E-state index < -0.39 is 10.0 Å². The average molecular weight is 417 g/mol. The maximum atomic E-state index is 11.5. The Hall–Kier alpha value is -2.56. The van der Waals surface area contributed by atoms with E-state index in [1.54, 1.807) is 6.33 Å². The molecule has 4 rings (SSSR count). The summed E-state index contributed by atoms with van der Waals surface area (Å²) in [6.45, 7) is 1.82. The zero-order valence-corrected chi connectivity index (χ0v) is 17.5. The van der Waals surface area contributed by atoms with Crippen LogP contribution in [0.5, 0.6) is 0 Å². The number of aryl methyl sites for hydroxylation is 1. The summed E-state index contributed by atoms with van der Waals surface area (Å²) in [6.07, 6.45) is 2.91. The monoisotopic (exact) mass is 416 g/mol. The molecule has 1 unspecified atom stereocenters. The van der Waals surface area contributed by atoms with Crippen LogP contribution in [0.2, 0.25) is 0 Å². The van der Waals surface area contributed by atoms with Crippen molar-refractivity contribution in [2.45, 2.75) is 13.0 Å². The molecule has 0 aliphatic rings. The summed E-state index contributed by atoms with van der Waals surface area (Å²) in [4.78, 5) is 14.7. The number of imidazole rings is 1. The molecule has 3 heterocycles. The van der Waals surface area contributed by atoms with Crippen molar-refractivity contribution in [1.82, 2.24) is 24.2 Å². The molecule has 1 atom stereocenters. The molecule has 3 aromatic heterocycles. The molecule has 0 aliphatic heterocycles. The van der Waals surface area contributed by atoms with Crippen LogP contribution in [0.3, 0.4) is 0 Å². The van der Waals surface area contributed by atoms with Crippen LogP contribution in [-0.4, -0.2) is 41.2 Å². The smallest absolute Gasteiger partial charge is 0.209 e. The Morgan fingerprint density at radius 3 is 2.71 bits per heavy atom. The summed E-state index contributed by atoms with van der Waals surface area (Å²) < 4.78 is 27.6. The Labute approximate surface area is 166 Å². The predicted molar refractivity (Wildman–Crippen MR) is 113 cm³/mol. The molecule has 0 aliphatic carbocycles. The largest absolute Gasteiger partial charge is 0.371 e. The Bertz CT molecular complexity index is 1290. The van der Waals surface area contributed by atoms with Gasteiger partial charge in [0.1, 0.15) is 26.4 Å². The first kappa shape index (κ1) is 18.8. The van der Waals surface area contributed by atoms with Crippen LogP contribution in [-0.2, 0) is 17.1 Å². The van der Waals surface area contributed by atoms with Crippen LogP contribution in [0.1, 0.15) is 18.5 Å². The maximum absolute atomic E-state index is 11.5. The summed E-state index contributed by atoms with van der Waals surface area (Å²) in [5.74, 6) is 0.720. The Morgan fingerprint density at radius 1 is 1.21 bits per heavy atom. The van der Waals surface area contributed by atoms with E-state index in [4.69, 9.17) is 4.98 Å². The molecule has 0 saturated heterocycles. The van der Waals surface area contributed by atoms with E-state index in [0.717, 1.165) is 49.6 Å². The van der Waals surface area contributed by atoms with Crippen LogP contribution in [0.25, 0.3) is 32.0 Å². The number of pyridine rings is 1. The van der Waals surface area contributed by atoms with Crippen molar-refractivity contribution in [2.75, 3.05) is 18.6 Å². The summed E-state index contributed by atoms with van der Waals surface area (Å²) in [6, 6.07) is 7.40. The van der Waals surface area contributed by atoms with E-state index in [1.807, 2.05) is 49.9 Å². The lowest BCUT2D eigenvalue weighted by molar-refractivity contribution is 0.573. The fourth-order valence-electron chi connectivity index (χ4n) is 3.21. The van der Waals surface area contributed by atoms with Crippen molar-refractivity contribution in [3.8, 4) is 10.6 Å². The molecule has 146 valence electrons. The first-order valence-electron chi connectivity index (χ1n) is 8.64. The molecule has 0 bridgehead atoms. The minimum atomic E-state index is -3.29. The molecule has 0 fully saturated rings. The third-order valence-electron chi connectivity index (χ3n) is 4.47. The summed E-state index contributed by atoms with van der Waals surface area (Å²) in [5, 5.41) is 3.92. The number of nitrogens with one attached hydrogen (secondary N) is 2. The number of fused-ring (bicyclic) bond motifs is 3. The van der Waals surface area contributed by atoms with E-state index in [0.29, 0.717) is 0 Å². The molecule has 2 N–H and O–H groups in total. The highest BCUT2D eigenvalue weighted by molar-refractivity contribution is 7.88. The van der Waals surface area contributed by atoms with Crippen molar-refractivity contribution >= 4 is 48.6 Å². The van der Waals surface area contributed by atoms with E-state index in [1.165, 1.54) is 11.3 Å². The molecule has 4 aromatic rings. The van der Waals surface area contributed by atoms with Gasteiger partial charge in [0.05, 0.1) is 12.6 Å². The number of nitrogens with zero attached hydrogens (tertiary/aromatic N) is 4. The molecule has 28 heavy (non-hydrogen) atoms. The third-order valence-corrected chi connectivity index (χ3v) is 6.25. The summed E-state index contributed by atoms with van der Waals surface area (Å²) in [7, 11) is 0.471. The molecule has 0 saturated carbocycles. The van der Waals surface area contributed by atoms with Gasteiger partial charge in [0.15, 0.2) is 5.82 Å². The van der Waals surface area contributed by atoms with Crippen molar-refractivity contribution in [1.29, 1.82) is 0 Å². The highest BCUT2D eigenvalue weighted by Crippen LogP contribution is 2.35. The number of thiazole rings is 1. The third kappa shape index (κ3) is 3.34. The minimum absolute atomic E-state index is 0.331. The van der Waals surface area contributed by atoms with Gasteiger partial charge >= 0.3 is 0 Å². The topological polar surface area (TPSA) is 102 Å². The van der Waals surface area contributed by atoms with Gasteiger partial charge in [-0.3, -0.25) is 0 Å². The van der Waals surface area contributed by atoms with Crippen LogP contribution < -0.4 is 10.0 Å². The van der Waals surface area contributed by atoms with Crippen LogP contribution in [0.4, 0.5) is 5.82 Å². The second-order valence-electron chi connectivity index (χ2n) is 6.67. The summed E-state index contributed by atoms with van der Waals surface area (Å²) in [5.41, 5.74) is 4.32. The van der Waals surface area contributed by atoms with Gasteiger partial charge in [-0.15, -0.1) is 0 Å². The highest BCUT2D eigenvalue weighted by Gasteiger charge is 2.18. The summed E-state index contributed by atoms with van der Waals surface area (Å²) >= 11 is 1.50. The molecular weight excluding hydrogens is 396 g/mol. The van der Waals surface area contributed by atoms with Gasteiger partial charge in [-0.2, -0.15) is 0 Å². The van der Waals surface area contributed by atoms with Crippen molar-refractivity contribution in [3.63, 3.8) is 0 Å². The number of hydrogen-bond acceptors (Lipinski definition) is 7. The van der Waals surface area contributed by atoms with E-state index in [-0.39, 0.29) is 6.04 Å². The fraction of sp³-hybridized carbons (Fsp3) is 0.278. The second-order valence-corrected chi connectivity index (χ2v) is 9.43. The second kappa shape index (κ2) is 6.80. The number of sulfonamides is 1. The molecule has 10 heteroatoms. The zero-order chi connectivity index (χ0) is 20.1. The van der Waals surface area contributed by atoms with Crippen molar-refractivity contribution in [3.05, 3.63) is 36.2 Å². The lowest BCUT2D eigenvalue weighted by Crippen LogP contribution is -2.25. The van der Waals surface area contributed by atoms with Gasteiger partial charge in [0.25, 0.3) is 0 Å². The number of hydrogen-bond donors (Lipinski definition) is 2. The molecule has 1 aromatic carbocycles. The van der Waals surface area contributed by atoms with Gasteiger partial charge in [-0.25, -0.2) is 28.1 Å². The van der Waals surface area contributed by atoms with Gasteiger partial charge in [0.2, 0.25) is 10.0 Å². The highest BCUT2D eigenvalue weighted by atomic mass is 32.2. The van der Waals surface area contributed by atoms with E-state index in [9.17, 15) is 8.42 Å². The molecule has 0 amide bonds. The lowest BCUT2D eigenvalue weighted by Gasteiger charge is -2.13. The molecule has 0 radical (unpaired) electrons. The van der Waals surface area contributed by atoms with Crippen LogP contribution in [0, 0.1) is 0 Å². The Morgan fingerprint density at radius 2 is 2.00 bits per heavy atom. The molecular formula is C18H20N6O2S2. The normalized spacial score (nSPS) is 13.3. The first-order chi connectivity index (χ1) is 13.3. The van der Waals surface area contributed by atoms with E-state index in [2.05, 4.69) is 20.0 Å². The van der Waals surface area contributed by atoms with Gasteiger partial charge in [-0.05, 0) is 18.6 Å². The van der Waals surface area contributed by atoms with Gasteiger partial charge in [0, 0.05) is 25.7 Å². The number of anilines is 1. The Kier molecular flexibility index (Phi) is 4.56. The van der Waals surface area contributed by atoms with Gasteiger partial charge in [-0.1, -0.05) is 29.5 Å². The standard InChI is InChI=1S/C18H20N6O2S2/c1-10(23-28(4,25)26)11-6-5-7-12(8-11)17-21-14-15-13(20-9-24(15)3)16(19-2)22-18(14)27-17/h5-10,23H,1-4H3,(H,19,22). The van der Waals surface area contributed by atoms with Crippen molar-refractivity contribution < 1.29 is 8.42 Å². The average Bonchev–Trinajstić information content (AvgIpc) is 3.23. The SMILES string of the molecule is CNc1nc2sc(-c3cccc(C(C)NS(C)(=O)=O)c3)nc2c2c1ncn2C. The number of rotatable bonds is 5. The number of benzene rings is 1. The van der Waals surface area contributed by atoms with Crippen LogP contribution >= 0.6 is 11.3 Å². The molecule has 0 spiro atoms. The van der Waals surface area contributed by atoms with E-state index >= 15 is 0 Å². The first-order valence-corrected chi connectivity index (χ1v) is 11.3. The van der Waals surface area contributed by atoms with Gasteiger partial charge < -0.3 is 9.88 Å². The van der Waals surface area contributed by atoms with Crippen LogP contribution in [0.15, 0.2) is 30.6 Å². The molecule has 8 nitrogen and oxygen atoms in total. The fourth-order valence-corrected chi connectivity index (χ4v) is 4.93. The Balaban J connectivity index is 1.83. The lowest BCUT2D eigenvalue weighted by atomic mass is 10.1. The van der Waals surface area contributed by atoms with Crippen molar-refractivity contribution in [2.24, 2.45) is 7.05 Å². The quantitative estimate of drug-likeness (QED) is 0.519.